The molecule has 0 aliphatic carbocycles. The molecule has 10 heteroatoms. The Hall–Kier alpha value is -3.69. The Morgan fingerprint density at radius 3 is 2.90 bits per heavy atom. The third kappa shape index (κ3) is 3.51. The van der Waals surface area contributed by atoms with Crippen LogP contribution in [-0.2, 0) is 6.42 Å². The van der Waals surface area contributed by atoms with Gasteiger partial charge >= 0.3 is 0 Å². The van der Waals surface area contributed by atoms with Gasteiger partial charge in [0.2, 0.25) is 5.95 Å². The molecule has 3 aromatic rings. The van der Waals surface area contributed by atoms with Crippen LogP contribution in [0.3, 0.4) is 0 Å². The lowest BCUT2D eigenvalue weighted by Gasteiger charge is -2.16. The van der Waals surface area contributed by atoms with E-state index < -0.39 is 5.82 Å². The minimum Gasteiger partial charge on any atom is -0.494 e. The number of anilines is 3. The quantitative estimate of drug-likeness (QED) is 0.592. The Labute approximate surface area is 172 Å². The maximum absolute atomic E-state index is 15.6. The van der Waals surface area contributed by atoms with Gasteiger partial charge in [0.1, 0.15) is 17.3 Å². The van der Waals surface area contributed by atoms with E-state index in [0.717, 1.165) is 12.1 Å². The predicted octanol–water partition coefficient (Wildman–Crippen LogP) is 2.58. The van der Waals surface area contributed by atoms with Gasteiger partial charge in [0.15, 0.2) is 5.82 Å². The molecule has 9 nitrogen and oxygen atoms in total. The summed E-state index contributed by atoms with van der Waals surface area (Å²) in [5.41, 5.74) is 2.10. The topological polar surface area (TPSA) is 106 Å². The summed E-state index contributed by atoms with van der Waals surface area (Å²) in [6.45, 7) is 2.39. The smallest absolute Gasteiger partial charge is 0.254 e. The van der Waals surface area contributed by atoms with Gasteiger partial charge in [-0.3, -0.25) is 4.79 Å². The van der Waals surface area contributed by atoms with E-state index in [2.05, 4.69) is 31.0 Å². The summed E-state index contributed by atoms with van der Waals surface area (Å²) in [5, 5.41) is 13.0. The molecular formula is C20H22FN7O2. The Morgan fingerprint density at radius 2 is 2.13 bits per heavy atom. The first-order valence-corrected chi connectivity index (χ1v) is 9.54. The first-order chi connectivity index (χ1) is 14.5. The number of nitrogens with zero attached hydrogens (tertiary/aromatic N) is 4. The van der Waals surface area contributed by atoms with Crippen LogP contribution in [0.15, 0.2) is 24.4 Å². The highest BCUT2D eigenvalue weighted by molar-refractivity contribution is 5.95. The highest BCUT2D eigenvalue weighted by atomic mass is 19.1. The zero-order valence-corrected chi connectivity index (χ0v) is 16.9. The molecule has 0 bridgehead atoms. The SMILES string of the molecule is CNc1cc(C)nc(Nc2ccc(OC)c(-n3ncc4c3CCCNC4=O)c2F)n1. The Kier molecular flexibility index (Phi) is 5.21. The van der Waals surface area contributed by atoms with E-state index in [-0.39, 0.29) is 23.2 Å². The minimum absolute atomic E-state index is 0.125. The Morgan fingerprint density at radius 1 is 1.30 bits per heavy atom. The molecule has 1 aliphatic rings. The van der Waals surface area contributed by atoms with Gasteiger partial charge in [0, 0.05) is 25.4 Å². The van der Waals surface area contributed by atoms with Gasteiger partial charge in [-0.1, -0.05) is 0 Å². The molecule has 0 fully saturated rings. The lowest BCUT2D eigenvalue weighted by molar-refractivity contribution is 0.0956. The number of ether oxygens (including phenoxy) is 1. The summed E-state index contributed by atoms with van der Waals surface area (Å²) >= 11 is 0. The number of carbonyl (C=O) groups is 1. The molecule has 0 spiro atoms. The molecule has 4 rings (SSSR count). The zero-order chi connectivity index (χ0) is 21.3. The molecule has 3 heterocycles. The van der Waals surface area contributed by atoms with Gasteiger partial charge in [-0.05, 0) is 31.9 Å². The Balaban J connectivity index is 1.80. The molecule has 0 atom stereocenters. The lowest BCUT2D eigenvalue weighted by atomic mass is 10.1. The first kappa shape index (κ1) is 19.6. The molecule has 0 saturated heterocycles. The van der Waals surface area contributed by atoms with Crippen molar-refractivity contribution in [2.45, 2.75) is 19.8 Å². The van der Waals surface area contributed by atoms with Crippen molar-refractivity contribution in [1.29, 1.82) is 0 Å². The summed E-state index contributed by atoms with van der Waals surface area (Å²) in [4.78, 5) is 20.9. The largest absolute Gasteiger partial charge is 0.494 e. The summed E-state index contributed by atoms with van der Waals surface area (Å²) in [6.07, 6.45) is 2.77. The second-order valence-corrected chi connectivity index (χ2v) is 6.85. The van der Waals surface area contributed by atoms with Crippen molar-refractivity contribution in [3.63, 3.8) is 0 Å². The van der Waals surface area contributed by atoms with Crippen molar-refractivity contribution in [3.05, 3.63) is 47.2 Å². The number of rotatable bonds is 5. The van der Waals surface area contributed by atoms with E-state index in [0.29, 0.717) is 35.8 Å². The van der Waals surface area contributed by atoms with E-state index in [1.165, 1.54) is 18.0 Å². The molecule has 2 aromatic heterocycles. The lowest BCUT2D eigenvalue weighted by Crippen LogP contribution is -2.22. The van der Waals surface area contributed by atoms with Crippen molar-refractivity contribution in [2.75, 3.05) is 31.3 Å². The second-order valence-electron chi connectivity index (χ2n) is 6.85. The fourth-order valence-electron chi connectivity index (χ4n) is 3.43. The normalized spacial score (nSPS) is 13.3. The summed E-state index contributed by atoms with van der Waals surface area (Å²) < 4.78 is 22.5. The van der Waals surface area contributed by atoms with Crippen molar-refractivity contribution >= 4 is 23.4 Å². The molecular weight excluding hydrogens is 389 g/mol. The number of halogens is 1. The average molecular weight is 411 g/mol. The van der Waals surface area contributed by atoms with Gasteiger partial charge < -0.3 is 20.7 Å². The fraction of sp³-hybridized carbons (Fsp3) is 0.300. The monoisotopic (exact) mass is 411 g/mol. The minimum atomic E-state index is -0.582. The maximum Gasteiger partial charge on any atom is 0.254 e. The summed E-state index contributed by atoms with van der Waals surface area (Å²) in [5.74, 6) is 0.376. The molecule has 0 radical (unpaired) electrons. The number of methoxy groups -OCH3 is 1. The average Bonchev–Trinajstić information content (AvgIpc) is 3.06. The third-order valence-corrected chi connectivity index (χ3v) is 4.86. The maximum atomic E-state index is 15.6. The number of aryl methyl sites for hydroxylation is 1. The van der Waals surface area contributed by atoms with Crippen molar-refractivity contribution in [2.24, 2.45) is 0 Å². The third-order valence-electron chi connectivity index (χ3n) is 4.86. The molecule has 156 valence electrons. The van der Waals surface area contributed by atoms with Crippen LogP contribution in [-0.4, -0.2) is 46.4 Å². The van der Waals surface area contributed by atoms with Crippen LogP contribution in [0.5, 0.6) is 5.75 Å². The van der Waals surface area contributed by atoms with E-state index >= 15 is 4.39 Å². The number of amides is 1. The fourth-order valence-corrected chi connectivity index (χ4v) is 3.43. The number of benzene rings is 1. The Bertz CT molecular complexity index is 1110. The summed E-state index contributed by atoms with van der Waals surface area (Å²) in [6, 6.07) is 4.97. The molecule has 1 amide bonds. The van der Waals surface area contributed by atoms with Crippen LogP contribution in [0.1, 0.15) is 28.2 Å². The van der Waals surface area contributed by atoms with Crippen LogP contribution < -0.4 is 20.7 Å². The van der Waals surface area contributed by atoms with Gasteiger partial charge in [-0.15, -0.1) is 0 Å². The van der Waals surface area contributed by atoms with E-state index in [1.54, 1.807) is 25.2 Å². The number of fused-ring (bicyclic) bond motifs is 1. The standard InChI is InChI=1S/C20H22FN7O2/c1-11-9-16(22-2)27-20(25-11)26-13-6-7-15(30-3)18(17(13)21)28-14-5-4-8-23-19(29)12(14)10-24-28/h6-7,9-10H,4-5,8H2,1-3H3,(H,23,29)(H2,22,25,26,27). The van der Waals surface area contributed by atoms with Crippen molar-refractivity contribution < 1.29 is 13.9 Å². The van der Waals surface area contributed by atoms with Gasteiger partial charge in [-0.2, -0.15) is 10.1 Å². The number of nitrogens with one attached hydrogen (secondary N) is 3. The molecule has 30 heavy (non-hydrogen) atoms. The first-order valence-electron chi connectivity index (χ1n) is 9.54. The van der Waals surface area contributed by atoms with Crippen LogP contribution in [0.4, 0.5) is 21.8 Å². The molecule has 1 aliphatic heterocycles. The van der Waals surface area contributed by atoms with E-state index in [9.17, 15) is 4.79 Å². The van der Waals surface area contributed by atoms with Crippen LogP contribution >= 0.6 is 0 Å². The van der Waals surface area contributed by atoms with E-state index in [1.807, 2.05) is 6.92 Å². The predicted molar refractivity (Wildman–Crippen MR) is 110 cm³/mol. The number of hydrogen-bond donors (Lipinski definition) is 3. The second kappa shape index (κ2) is 7.97. The molecule has 0 unspecified atom stereocenters. The molecule has 1 aromatic carbocycles. The van der Waals surface area contributed by atoms with Gasteiger partial charge in [-0.25, -0.2) is 14.1 Å². The highest BCUT2D eigenvalue weighted by Crippen LogP contribution is 2.33. The van der Waals surface area contributed by atoms with Crippen molar-refractivity contribution in [3.8, 4) is 11.4 Å². The van der Waals surface area contributed by atoms with E-state index in [4.69, 9.17) is 4.74 Å². The number of aromatic nitrogens is 4. The van der Waals surface area contributed by atoms with Crippen LogP contribution in [0, 0.1) is 12.7 Å². The van der Waals surface area contributed by atoms with Gasteiger partial charge in [0.25, 0.3) is 5.91 Å². The number of carbonyl (C=O) groups excluding carboxylic acids is 1. The van der Waals surface area contributed by atoms with Crippen LogP contribution in [0.25, 0.3) is 5.69 Å². The molecule has 0 saturated carbocycles. The van der Waals surface area contributed by atoms with Gasteiger partial charge in [0.05, 0.1) is 30.3 Å². The molecule has 3 N–H and O–H groups in total. The highest BCUT2D eigenvalue weighted by Gasteiger charge is 2.25. The van der Waals surface area contributed by atoms with Crippen molar-refractivity contribution in [1.82, 2.24) is 25.1 Å². The van der Waals surface area contributed by atoms with Crippen LogP contribution in [0.2, 0.25) is 0 Å². The zero-order valence-electron chi connectivity index (χ0n) is 16.9. The summed E-state index contributed by atoms with van der Waals surface area (Å²) in [7, 11) is 3.21. The number of hydrogen-bond acceptors (Lipinski definition) is 7.